The number of hydrogen-bond acceptors (Lipinski definition) is 8. The maximum Gasteiger partial charge on any atom is 0.307 e. The molecule has 3 rings (SSSR count). The summed E-state index contributed by atoms with van der Waals surface area (Å²) in [6.07, 6.45) is 3.54. The summed E-state index contributed by atoms with van der Waals surface area (Å²) in [6, 6.07) is 7.03. The number of carbonyl (C=O) groups is 2. The van der Waals surface area contributed by atoms with Gasteiger partial charge in [-0.1, -0.05) is 25.6 Å². The van der Waals surface area contributed by atoms with Crippen LogP contribution in [0, 0.1) is 5.92 Å². The summed E-state index contributed by atoms with van der Waals surface area (Å²) in [5, 5.41) is 16.4. The molecule has 0 spiro atoms. The number of esters is 1. The van der Waals surface area contributed by atoms with Gasteiger partial charge in [-0.05, 0) is 37.1 Å². The van der Waals surface area contributed by atoms with Gasteiger partial charge in [-0.25, -0.2) is 0 Å². The second-order valence-corrected chi connectivity index (χ2v) is 7.92. The Bertz CT molecular complexity index is 1010. The third kappa shape index (κ3) is 5.53. The molecule has 1 N–H and O–H groups in total. The van der Waals surface area contributed by atoms with Gasteiger partial charge in [0, 0.05) is 24.0 Å². The molecule has 0 bridgehead atoms. The summed E-state index contributed by atoms with van der Waals surface area (Å²) in [6.45, 7) is 6.00. The summed E-state index contributed by atoms with van der Waals surface area (Å²) >= 11 is 1.30. The van der Waals surface area contributed by atoms with Gasteiger partial charge in [0.1, 0.15) is 5.03 Å². The topological polar surface area (TPSA) is 111 Å². The lowest BCUT2D eigenvalue weighted by atomic mass is 10.0. The lowest BCUT2D eigenvalue weighted by Crippen LogP contribution is -2.41. The zero-order valence-corrected chi connectivity index (χ0v) is 17.9. The van der Waals surface area contributed by atoms with Crippen LogP contribution in [0.1, 0.15) is 27.2 Å². The summed E-state index contributed by atoms with van der Waals surface area (Å²) in [4.78, 5) is 28.3. The smallest absolute Gasteiger partial charge is 0.307 e. The molecule has 0 aromatic carbocycles. The largest absolute Gasteiger partial charge is 0.466 e. The van der Waals surface area contributed by atoms with Crippen molar-refractivity contribution in [3.63, 3.8) is 0 Å². The Kier molecular flexibility index (Phi) is 7.34. The summed E-state index contributed by atoms with van der Waals surface area (Å²) in [7, 11) is 0. The van der Waals surface area contributed by atoms with Crippen LogP contribution in [0.4, 0.5) is 0 Å². The number of hydrogen-bond donors (Lipinski definition) is 1. The average molecular weight is 429 g/mol. The first kappa shape index (κ1) is 21.7. The number of pyridine rings is 1. The van der Waals surface area contributed by atoms with E-state index in [1.54, 1.807) is 36.0 Å². The summed E-state index contributed by atoms with van der Waals surface area (Å²) in [5.41, 5.74) is 1.41. The normalized spacial score (nSPS) is 12.1. The first-order valence-corrected chi connectivity index (χ1v) is 10.7. The van der Waals surface area contributed by atoms with Gasteiger partial charge in [0.25, 0.3) is 0 Å². The molecule has 0 aliphatic carbocycles. The van der Waals surface area contributed by atoms with E-state index >= 15 is 0 Å². The minimum Gasteiger partial charge on any atom is -0.466 e. The average Bonchev–Trinajstić information content (AvgIpc) is 3.16. The Morgan fingerprint density at radius 2 is 2.07 bits per heavy atom. The molecule has 9 nitrogen and oxygen atoms in total. The van der Waals surface area contributed by atoms with Crippen LogP contribution in [0.3, 0.4) is 0 Å². The van der Waals surface area contributed by atoms with Crippen molar-refractivity contribution in [3.8, 4) is 11.4 Å². The molecular formula is C20H24N6O3S. The molecule has 0 saturated carbocycles. The molecule has 3 heterocycles. The standard InChI is InChI=1S/C20H24N6O3S/c1-4-29-19(28)10-15(13(2)3)22-17(27)12-30-18-8-7-16-23-24-20(26(16)25-18)14-6-5-9-21-11-14/h5-9,11,13,15H,4,10,12H2,1-3H3,(H,22,27)/t15-/m1/s1. The Labute approximate surface area is 178 Å². The van der Waals surface area contributed by atoms with Gasteiger partial charge < -0.3 is 10.1 Å². The molecule has 0 fully saturated rings. The van der Waals surface area contributed by atoms with Crippen molar-refractivity contribution in [2.24, 2.45) is 5.92 Å². The molecule has 3 aromatic heterocycles. The number of nitrogens with one attached hydrogen (secondary N) is 1. The van der Waals surface area contributed by atoms with Gasteiger partial charge in [0.05, 0.1) is 18.8 Å². The van der Waals surface area contributed by atoms with Crippen LogP contribution in [0.5, 0.6) is 0 Å². The second kappa shape index (κ2) is 10.1. The van der Waals surface area contributed by atoms with E-state index < -0.39 is 0 Å². The van der Waals surface area contributed by atoms with Crippen molar-refractivity contribution in [2.75, 3.05) is 12.4 Å². The van der Waals surface area contributed by atoms with Crippen molar-refractivity contribution in [3.05, 3.63) is 36.7 Å². The van der Waals surface area contributed by atoms with E-state index in [1.165, 1.54) is 11.8 Å². The van der Waals surface area contributed by atoms with Crippen LogP contribution in [-0.4, -0.2) is 55.1 Å². The molecule has 0 radical (unpaired) electrons. The second-order valence-electron chi connectivity index (χ2n) is 6.92. The Balaban J connectivity index is 1.65. The summed E-state index contributed by atoms with van der Waals surface area (Å²) < 4.78 is 6.62. The number of thioether (sulfide) groups is 1. The van der Waals surface area contributed by atoms with Gasteiger partial charge in [-0.2, -0.15) is 9.61 Å². The molecule has 1 atom stereocenters. The van der Waals surface area contributed by atoms with E-state index in [9.17, 15) is 9.59 Å². The van der Waals surface area contributed by atoms with Gasteiger partial charge in [-0.3, -0.25) is 14.6 Å². The quantitative estimate of drug-likeness (QED) is 0.408. The van der Waals surface area contributed by atoms with Crippen LogP contribution in [0.15, 0.2) is 41.7 Å². The molecule has 1 amide bonds. The lowest BCUT2D eigenvalue weighted by Gasteiger charge is -2.21. The number of aromatic nitrogens is 5. The highest BCUT2D eigenvalue weighted by molar-refractivity contribution is 7.99. The third-order valence-corrected chi connectivity index (χ3v) is 5.27. The molecule has 0 aliphatic rings. The molecule has 0 aliphatic heterocycles. The van der Waals surface area contributed by atoms with Crippen LogP contribution in [0.25, 0.3) is 17.0 Å². The first-order chi connectivity index (χ1) is 14.5. The molecule has 10 heteroatoms. The SMILES string of the molecule is CCOC(=O)C[C@@H](NC(=O)CSc1ccc2nnc(-c3cccnc3)n2n1)C(C)C. The van der Waals surface area contributed by atoms with Crippen LogP contribution >= 0.6 is 11.8 Å². The Morgan fingerprint density at radius 3 is 2.77 bits per heavy atom. The number of rotatable bonds is 9. The highest BCUT2D eigenvalue weighted by atomic mass is 32.2. The minimum atomic E-state index is -0.313. The number of nitrogens with zero attached hydrogens (tertiary/aromatic N) is 5. The van der Waals surface area contributed by atoms with Gasteiger partial charge in [-0.15, -0.1) is 10.2 Å². The third-order valence-electron chi connectivity index (χ3n) is 4.35. The van der Waals surface area contributed by atoms with Crippen molar-refractivity contribution in [1.82, 2.24) is 30.1 Å². The maximum absolute atomic E-state index is 12.4. The van der Waals surface area contributed by atoms with Gasteiger partial charge >= 0.3 is 5.97 Å². The van der Waals surface area contributed by atoms with Crippen LogP contribution < -0.4 is 5.32 Å². The van der Waals surface area contributed by atoms with Gasteiger partial charge in [0.2, 0.25) is 5.91 Å². The highest BCUT2D eigenvalue weighted by Crippen LogP contribution is 2.20. The number of fused-ring (bicyclic) bond motifs is 1. The summed E-state index contributed by atoms with van der Waals surface area (Å²) in [5.74, 6) is 0.388. The van der Waals surface area contributed by atoms with E-state index in [0.717, 1.165) is 5.56 Å². The fraction of sp³-hybridized carbons (Fsp3) is 0.400. The predicted octanol–water partition coefficient (Wildman–Crippen LogP) is 2.37. The highest BCUT2D eigenvalue weighted by Gasteiger charge is 2.20. The van der Waals surface area contributed by atoms with Gasteiger partial charge in [0.15, 0.2) is 11.5 Å². The van der Waals surface area contributed by atoms with E-state index in [-0.39, 0.29) is 36.0 Å². The molecule has 0 saturated heterocycles. The lowest BCUT2D eigenvalue weighted by molar-refractivity contribution is -0.144. The number of carbonyl (C=O) groups excluding carboxylic acids is 2. The molecular weight excluding hydrogens is 404 g/mol. The molecule has 158 valence electrons. The van der Waals surface area contributed by atoms with Crippen molar-refractivity contribution in [2.45, 2.75) is 38.3 Å². The zero-order chi connectivity index (χ0) is 21.5. The number of amides is 1. The zero-order valence-electron chi connectivity index (χ0n) is 17.1. The monoisotopic (exact) mass is 428 g/mol. The molecule has 3 aromatic rings. The fourth-order valence-electron chi connectivity index (χ4n) is 2.76. The van der Waals surface area contributed by atoms with E-state index in [0.29, 0.717) is 23.1 Å². The predicted molar refractivity (Wildman–Crippen MR) is 113 cm³/mol. The number of ether oxygens (including phenoxy) is 1. The van der Waals surface area contributed by atoms with E-state index in [4.69, 9.17) is 4.74 Å². The van der Waals surface area contributed by atoms with Crippen molar-refractivity contribution in [1.29, 1.82) is 0 Å². The van der Waals surface area contributed by atoms with Crippen LogP contribution in [-0.2, 0) is 14.3 Å². The maximum atomic E-state index is 12.4. The molecule has 30 heavy (non-hydrogen) atoms. The Hall–Kier alpha value is -3.01. The van der Waals surface area contributed by atoms with E-state index in [2.05, 4.69) is 25.6 Å². The fourth-order valence-corrected chi connectivity index (χ4v) is 3.43. The van der Waals surface area contributed by atoms with Crippen molar-refractivity contribution >= 4 is 29.3 Å². The minimum absolute atomic E-state index is 0.108. The Morgan fingerprint density at radius 1 is 1.23 bits per heavy atom. The van der Waals surface area contributed by atoms with Crippen molar-refractivity contribution < 1.29 is 14.3 Å². The molecule has 0 unspecified atom stereocenters. The first-order valence-electron chi connectivity index (χ1n) is 9.68. The van der Waals surface area contributed by atoms with E-state index in [1.807, 2.05) is 26.0 Å². The van der Waals surface area contributed by atoms with Crippen LogP contribution in [0.2, 0.25) is 0 Å².